The molecule has 1 atom stereocenters. The van der Waals surface area contributed by atoms with Crippen LogP contribution >= 0.6 is 0 Å². The van der Waals surface area contributed by atoms with E-state index in [1.807, 2.05) is 0 Å². The Balaban J connectivity index is 2.94. The summed E-state index contributed by atoms with van der Waals surface area (Å²) in [5.74, 6) is -1.37. The number of hydrogen-bond acceptors (Lipinski definition) is 6. The number of esters is 2. The van der Waals surface area contributed by atoms with E-state index in [0.29, 0.717) is 5.56 Å². The molecule has 7 nitrogen and oxygen atoms in total. The van der Waals surface area contributed by atoms with Crippen molar-refractivity contribution < 1.29 is 23.9 Å². The third kappa shape index (κ3) is 5.66. The summed E-state index contributed by atoms with van der Waals surface area (Å²) in [6, 6.07) is 7.65. The van der Waals surface area contributed by atoms with Crippen LogP contribution in [0.3, 0.4) is 0 Å². The topological polar surface area (TPSA) is 84.9 Å². The molecule has 0 saturated heterocycles. The molecule has 0 aliphatic carbocycles. The molecule has 24 heavy (non-hydrogen) atoms. The molecule has 1 N–H and O–H groups in total. The molecule has 0 radical (unpaired) electrons. The molecule has 1 amide bonds. The quantitative estimate of drug-likeness (QED) is 0.544. The Morgan fingerprint density at radius 1 is 1.08 bits per heavy atom. The lowest BCUT2D eigenvalue weighted by molar-refractivity contribution is -0.150. The van der Waals surface area contributed by atoms with Gasteiger partial charge in [0.05, 0.1) is 13.2 Å². The molecule has 7 heteroatoms. The highest BCUT2D eigenvalue weighted by Crippen LogP contribution is 2.13. The zero-order valence-electron chi connectivity index (χ0n) is 14.3. The van der Waals surface area contributed by atoms with Crippen molar-refractivity contribution in [3.8, 4) is 0 Å². The van der Waals surface area contributed by atoms with Crippen molar-refractivity contribution in [1.29, 1.82) is 0 Å². The number of nitrogens with one attached hydrogen (secondary N) is 1. The third-order valence-corrected chi connectivity index (χ3v) is 3.28. The van der Waals surface area contributed by atoms with Crippen molar-refractivity contribution in [2.24, 2.45) is 0 Å². The molecular weight excluding hydrogens is 312 g/mol. The second-order valence-electron chi connectivity index (χ2n) is 4.88. The Kier molecular flexibility index (Phi) is 8.49. The number of benzene rings is 1. The molecule has 132 valence electrons. The van der Waals surface area contributed by atoms with Gasteiger partial charge in [-0.15, -0.1) is 0 Å². The summed E-state index contributed by atoms with van der Waals surface area (Å²) in [6.45, 7) is 3.84. The fourth-order valence-electron chi connectivity index (χ4n) is 2.20. The first-order chi connectivity index (χ1) is 11.5. The van der Waals surface area contributed by atoms with Crippen molar-refractivity contribution in [3.05, 3.63) is 35.9 Å². The highest BCUT2D eigenvalue weighted by Gasteiger charge is 2.31. The Morgan fingerprint density at radius 2 is 1.71 bits per heavy atom. The van der Waals surface area contributed by atoms with Crippen LogP contribution in [-0.2, 0) is 19.1 Å². The number of carbonyl (C=O) groups excluding carboxylic acids is 3. The van der Waals surface area contributed by atoms with Crippen LogP contribution in [0, 0.1) is 0 Å². The lowest BCUT2D eigenvalue weighted by Crippen LogP contribution is -2.52. The average molecular weight is 336 g/mol. The van der Waals surface area contributed by atoms with Crippen LogP contribution in [0.1, 0.15) is 37.0 Å². The lowest BCUT2D eigenvalue weighted by atomic mass is 10.1. The Labute approximate surface area is 141 Å². The second kappa shape index (κ2) is 10.4. The minimum absolute atomic E-state index is 0.0115. The molecule has 0 aromatic heterocycles. The van der Waals surface area contributed by atoms with Crippen molar-refractivity contribution in [1.82, 2.24) is 10.4 Å². The van der Waals surface area contributed by atoms with E-state index in [1.165, 1.54) is 12.1 Å². The number of nitrogens with zero attached hydrogens (tertiary/aromatic N) is 1. The smallest absolute Gasteiger partial charge is 0.330 e. The molecule has 1 unspecified atom stereocenters. The Morgan fingerprint density at radius 3 is 2.25 bits per heavy atom. The van der Waals surface area contributed by atoms with Crippen LogP contribution in [0.2, 0.25) is 0 Å². The van der Waals surface area contributed by atoms with E-state index in [0.717, 1.165) is 0 Å². The predicted octanol–water partition coefficient (Wildman–Crippen LogP) is 1.54. The summed E-state index contributed by atoms with van der Waals surface area (Å²) in [5, 5.41) is 1.19. The van der Waals surface area contributed by atoms with Gasteiger partial charge in [-0.1, -0.05) is 18.2 Å². The SMILES string of the molecule is CCOC(=O)CCC(C(=O)OCC)N(NC)C(=O)c1ccccc1. The van der Waals surface area contributed by atoms with Gasteiger partial charge < -0.3 is 9.47 Å². The van der Waals surface area contributed by atoms with Gasteiger partial charge >= 0.3 is 11.9 Å². The Hall–Kier alpha value is -2.41. The summed E-state index contributed by atoms with van der Waals surface area (Å²) in [4.78, 5) is 36.5. The first-order valence-corrected chi connectivity index (χ1v) is 7.93. The average Bonchev–Trinajstić information content (AvgIpc) is 2.59. The van der Waals surface area contributed by atoms with E-state index in [9.17, 15) is 14.4 Å². The molecule has 1 aromatic rings. The minimum atomic E-state index is -0.924. The first-order valence-electron chi connectivity index (χ1n) is 7.93. The number of hydrogen-bond donors (Lipinski definition) is 1. The molecular formula is C17H24N2O5. The third-order valence-electron chi connectivity index (χ3n) is 3.28. The molecule has 0 heterocycles. The number of amides is 1. The molecule has 0 spiro atoms. The van der Waals surface area contributed by atoms with Crippen molar-refractivity contribution in [3.63, 3.8) is 0 Å². The van der Waals surface area contributed by atoms with Gasteiger partial charge in [0.2, 0.25) is 0 Å². The summed E-state index contributed by atoms with van der Waals surface area (Å²) < 4.78 is 9.92. The largest absolute Gasteiger partial charge is 0.466 e. The van der Waals surface area contributed by atoms with E-state index < -0.39 is 18.0 Å². The maximum Gasteiger partial charge on any atom is 0.330 e. The summed E-state index contributed by atoms with van der Waals surface area (Å²) in [5.41, 5.74) is 3.15. The number of rotatable bonds is 9. The molecule has 0 fully saturated rings. The van der Waals surface area contributed by atoms with Gasteiger partial charge in [-0.05, 0) is 32.4 Å². The van der Waals surface area contributed by atoms with Gasteiger partial charge in [0.25, 0.3) is 5.91 Å². The lowest BCUT2D eigenvalue weighted by Gasteiger charge is -2.29. The van der Waals surface area contributed by atoms with E-state index >= 15 is 0 Å². The monoisotopic (exact) mass is 336 g/mol. The summed E-state index contributed by atoms with van der Waals surface area (Å²) in [6.07, 6.45) is 0.120. The van der Waals surface area contributed by atoms with E-state index in [4.69, 9.17) is 9.47 Å². The van der Waals surface area contributed by atoms with Crippen LogP contribution < -0.4 is 5.43 Å². The number of ether oxygens (including phenoxy) is 2. The predicted molar refractivity (Wildman–Crippen MR) is 88.0 cm³/mol. The fraction of sp³-hybridized carbons (Fsp3) is 0.471. The fourth-order valence-corrected chi connectivity index (χ4v) is 2.20. The zero-order valence-corrected chi connectivity index (χ0v) is 14.3. The Bertz CT molecular complexity index is 547. The number of hydrazine groups is 1. The maximum atomic E-state index is 12.6. The van der Waals surface area contributed by atoms with Crippen LogP contribution in [0.25, 0.3) is 0 Å². The van der Waals surface area contributed by atoms with Gasteiger partial charge in [0.1, 0.15) is 6.04 Å². The molecule has 0 saturated carbocycles. The first kappa shape index (κ1) is 19.6. The second-order valence-corrected chi connectivity index (χ2v) is 4.88. The highest BCUT2D eigenvalue weighted by molar-refractivity contribution is 5.96. The minimum Gasteiger partial charge on any atom is -0.466 e. The van der Waals surface area contributed by atoms with E-state index in [-0.39, 0.29) is 32.0 Å². The van der Waals surface area contributed by atoms with Crippen LogP contribution in [0.4, 0.5) is 0 Å². The normalized spacial score (nSPS) is 11.5. The van der Waals surface area contributed by atoms with Gasteiger partial charge in [0.15, 0.2) is 0 Å². The van der Waals surface area contributed by atoms with Crippen molar-refractivity contribution >= 4 is 17.8 Å². The van der Waals surface area contributed by atoms with E-state index in [1.54, 1.807) is 44.2 Å². The van der Waals surface area contributed by atoms with Crippen LogP contribution in [-0.4, -0.2) is 49.2 Å². The molecule has 0 aliphatic heterocycles. The number of carbonyl (C=O) groups is 3. The molecule has 0 bridgehead atoms. The molecule has 1 aromatic carbocycles. The van der Waals surface area contributed by atoms with Gasteiger partial charge in [-0.2, -0.15) is 0 Å². The molecule has 1 rings (SSSR count). The van der Waals surface area contributed by atoms with Gasteiger partial charge in [-0.3, -0.25) is 14.6 Å². The van der Waals surface area contributed by atoms with Gasteiger partial charge in [-0.25, -0.2) is 10.2 Å². The van der Waals surface area contributed by atoms with Crippen LogP contribution in [0.15, 0.2) is 30.3 Å². The summed E-state index contributed by atoms with van der Waals surface area (Å²) >= 11 is 0. The van der Waals surface area contributed by atoms with E-state index in [2.05, 4.69) is 5.43 Å². The van der Waals surface area contributed by atoms with Crippen LogP contribution in [0.5, 0.6) is 0 Å². The highest BCUT2D eigenvalue weighted by atomic mass is 16.5. The van der Waals surface area contributed by atoms with Crippen molar-refractivity contribution in [2.75, 3.05) is 20.3 Å². The van der Waals surface area contributed by atoms with Gasteiger partial charge in [0, 0.05) is 19.0 Å². The standard InChI is InChI=1S/C17H24N2O5/c1-4-23-15(20)12-11-14(17(22)24-5-2)19(18-3)16(21)13-9-7-6-8-10-13/h6-10,14,18H,4-5,11-12H2,1-3H3. The van der Waals surface area contributed by atoms with Crippen molar-refractivity contribution in [2.45, 2.75) is 32.7 Å². The molecule has 0 aliphatic rings. The summed E-state index contributed by atoms with van der Waals surface area (Å²) in [7, 11) is 1.54. The maximum absolute atomic E-state index is 12.6. The zero-order chi connectivity index (χ0) is 17.9.